The van der Waals surface area contributed by atoms with E-state index in [4.69, 9.17) is 16.3 Å². The van der Waals surface area contributed by atoms with Crippen molar-refractivity contribution in [1.29, 1.82) is 0 Å². The first-order valence-electron chi connectivity index (χ1n) is 5.58. The number of fused-ring (bicyclic) bond motifs is 1. The quantitative estimate of drug-likeness (QED) is 0.738. The Morgan fingerprint density at radius 1 is 1.21 bits per heavy atom. The van der Waals surface area contributed by atoms with Crippen molar-refractivity contribution in [3.63, 3.8) is 0 Å². The van der Waals surface area contributed by atoms with Gasteiger partial charge in [-0.3, -0.25) is 0 Å². The van der Waals surface area contributed by atoms with E-state index in [2.05, 4.69) is 15.3 Å². The molecule has 0 bridgehead atoms. The Balaban J connectivity index is 2.07. The summed E-state index contributed by atoms with van der Waals surface area (Å²) in [5, 5.41) is 6.37. The molecule has 0 aliphatic rings. The average molecular weight is 292 g/mol. The Morgan fingerprint density at radius 2 is 2.05 bits per heavy atom. The molecule has 3 rings (SSSR count). The van der Waals surface area contributed by atoms with E-state index >= 15 is 0 Å². The van der Waals surface area contributed by atoms with Gasteiger partial charge in [-0.1, -0.05) is 12.1 Å². The average Bonchev–Trinajstić information content (AvgIpc) is 2.87. The van der Waals surface area contributed by atoms with Crippen molar-refractivity contribution in [3.8, 4) is 5.75 Å². The van der Waals surface area contributed by atoms with Gasteiger partial charge in [-0.2, -0.15) is 4.98 Å². The van der Waals surface area contributed by atoms with Gasteiger partial charge in [-0.15, -0.1) is 11.3 Å². The molecule has 0 aliphatic carbocycles. The van der Waals surface area contributed by atoms with Gasteiger partial charge in [0.2, 0.25) is 5.28 Å². The fraction of sp³-hybridized carbons (Fsp3) is 0.0769. The Kier molecular flexibility index (Phi) is 3.23. The summed E-state index contributed by atoms with van der Waals surface area (Å²) in [6.07, 6.45) is 0. The van der Waals surface area contributed by atoms with Crippen LogP contribution in [-0.2, 0) is 0 Å². The number of ether oxygens (including phenoxy) is 1. The molecule has 0 fully saturated rings. The number of anilines is 2. The molecule has 3 aromatic rings. The normalized spacial score (nSPS) is 10.6. The highest BCUT2D eigenvalue weighted by Gasteiger charge is 2.10. The lowest BCUT2D eigenvalue weighted by molar-refractivity contribution is 0.417. The number of aromatic nitrogens is 2. The van der Waals surface area contributed by atoms with E-state index in [0.29, 0.717) is 5.82 Å². The Morgan fingerprint density at radius 3 is 2.89 bits per heavy atom. The van der Waals surface area contributed by atoms with Crippen molar-refractivity contribution >= 4 is 44.7 Å². The molecule has 0 spiro atoms. The summed E-state index contributed by atoms with van der Waals surface area (Å²) in [4.78, 5) is 9.28. The second-order valence-electron chi connectivity index (χ2n) is 3.81. The number of nitrogens with zero attached hydrogens (tertiary/aromatic N) is 2. The van der Waals surface area contributed by atoms with Crippen molar-refractivity contribution in [2.24, 2.45) is 0 Å². The number of methoxy groups -OCH3 is 1. The summed E-state index contributed by atoms with van der Waals surface area (Å²) in [7, 11) is 1.63. The number of nitrogens with one attached hydrogen (secondary N) is 1. The molecule has 96 valence electrons. The van der Waals surface area contributed by atoms with Crippen LogP contribution in [0, 0.1) is 0 Å². The molecular weight excluding hydrogens is 282 g/mol. The fourth-order valence-electron chi connectivity index (χ4n) is 1.80. The zero-order chi connectivity index (χ0) is 13.2. The molecule has 0 aliphatic heterocycles. The third-order valence-corrected chi connectivity index (χ3v) is 3.63. The molecule has 0 amide bonds. The first kappa shape index (κ1) is 12.2. The fourth-order valence-corrected chi connectivity index (χ4v) is 2.78. The highest BCUT2D eigenvalue weighted by Crippen LogP contribution is 2.31. The Hall–Kier alpha value is -1.85. The zero-order valence-corrected chi connectivity index (χ0v) is 11.6. The standard InChI is InChI=1S/C13H10ClN3OS/c1-18-10-5-3-2-4-9(10)15-11-8-6-7-19-12(8)17-13(14)16-11/h2-7H,1H3,(H,15,16,17). The van der Waals surface area contributed by atoms with E-state index in [1.165, 1.54) is 11.3 Å². The van der Waals surface area contributed by atoms with Crippen LogP contribution in [0.25, 0.3) is 10.2 Å². The molecule has 19 heavy (non-hydrogen) atoms. The summed E-state index contributed by atoms with van der Waals surface area (Å²) in [6, 6.07) is 9.62. The van der Waals surface area contributed by atoms with Crippen molar-refractivity contribution in [3.05, 3.63) is 41.0 Å². The molecule has 4 nitrogen and oxygen atoms in total. The molecule has 0 saturated carbocycles. The molecule has 1 N–H and O–H groups in total. The third-order valence-electron chi connectivity index (χ3n) is 2.66. The van der Waals surface area contributed by atoms with Crippen LogP contribution in [0.15, 0.2) is 35.7 Å². The van der Waals surface area contributed by atoms with Crippen LogP contribution in [-0.4, -0.2) is 17.1 Å². The predicted molar refractivity (Wildman–Crippen MR) is 78.7 cm³/mol. The number of thiophene rings is 1. The molecule has 0 radical (unpaired) electrons. The monoisotopic (exact) mass is 291 g/mol. The molecule has 2 aromatic heterocycles. The lowest BCUT2D eigenvalue weighted by atomic mass is 10.3. The summed E-state index contributed by atoms with van der Waals surface area (Å²) in [5.41, 5.74) is 0.840. The maximum absolute atomic E-state index is 5.93. The summed E-state index contributed by atoms with van der Waals surface area (Å²) < 4.78 is 5.31. The third kappa shape index (κ3) is 2.34. The van der Waals surface area contributed by atoms with Gasteiger partial charge in [0.05, 0.1) is 18.2 Å². The maximum atomic E-state index is 5.93. The number of benzene rings is 1. The van der Waals surface area contributed by atoms with Gasteiger partial charge in [0.1, 0.15) is 16.4 Å². The summed E-state index contributed by atoms with van der Waals surface area (Å²) in [6.45, 7) is 0. The lowest BCUT2D eigenvalue weighted by Crippen LogP contribution is -1.98. The minimum atomic E-state index is 0.229. The van der Waals surface area contributed by atoms with Crippen LogP contribution in [0.5, 0.6) is 5.75 Å². The Bertz CT molecular complexity index is 729. The van der Waals surface area contributed by atoms with Gasteiger partial charge in [-0.25, -0.2) is 4.98 Å². The van der Waals surface area contributed by atoms with E-state index in [1.54, 1.807) is 7.11 Å². The molecule has 6 heteroatoms. The van der Waals surface area contributed by atoms with Crippen LogP contribution < -0.4 is 10.1 Å². The summed E-state index contributed by atoms with van der Waals surface area (Å²) >= 11 is 7.46. The second-order valence-corrected chi connectivity index (χ2v) is 5.04. The molecular formula is C13H10ClN3OS. The van der Waals surface area contributed by atoms with Crippen molar-refractivity contribution in [1.82, 2.24) is 9.97 Å². The number of rotatable bonds is 3. The van der Waals surface area contributed by atoms with E-state index in [0.717, 1.165) is 21.7 Å². The maximum Gasteiger partial charge on any atom is 0.225 e. The molecule has 0 saturated heterocycles. The van der Waals surface area contributed by atoms with Gasteiger partial charge in [-0.05, 0) is 35.2 Å². The molecule has 0 atom stereocenters. The minimum absolute atomic E-state index is 0.229. The van der Waals surface area contributed by atoms with Gasteiger partial charge < -0.3 is 10.1 Å². The zero-order valence-electron chi connectivity index (χ0n) is 10.1. The number of hydrogen-bond donors (Lipinski definition) is 1. The minimum Gasteiger partial charge on any atom is -0.495 e. The van der Waals surface area contributed by atoms with Gasteiger partial charge in [0.15, 0.2) is 0 Å². The van der Waals surface area contributed by atoms with E-state index in [-0.39, 0.29) is 5.28 Å². The Labute approximate surface area is 119 Å². The highest BCUT2D eigenvalue weighted by molar-refractivity contribution is 7.16. The van der Waals surface area contributed by atoms with Crippen LogP contribution in [0.3, 0.4) is 0 Å². The van der Waals surface area contributed by atoms with E-state index < -0.39 is 0 Å². The lowest BCUT2D eigenvalue weighted by Gasteiger charge is -2.10. The van der Waals surface area contributed by atoms with Crippen LogP contribution in [0.1, 0.15) is 0 Å². The van der Waals surface area contributed by atoms with Crippen molar-refractivity contribution in [2.45, 2.75) is 0 Å². The van der Waals surface area contributed by atoms with Gasteiger partial charge in [0.25, 0.3) is 0 Å². The van der Waals surface area contributed by atoms with E-state index in [9.17, 15) is 0 Å². The summed E-state index contributed by atoms with van der Waals surface area (Å²) in [5.74, 6) is 1.43. The van der Waals surface area contributed by atoms with Crippen LogP contribution in [0.4, 0.5) is 11.5 Å². The first-order valence-corrected chi connectivity index (χ1v) is 6.84. The number of halogens is 1. The predicted octanol–water partition coefficient (Wildman–Crippen LogP) is 4.10. The molecule has 1 aromatic carbocycles. The SMILES string of the molecule is COc1ccccc1Nc1nc(Cl)nc2sccc12. The second kappa shape index (κ2) is 5.03. The smallest absolute Gasteiger partial charge is 0.225 e. The molecule has 0 unspecified atom stereocenters. The topological polar surface area (TPSA) is 47.0 Å². The first-order chi connectivity index (χ1) is 9.28. The van der Waals surface area contributed by atoms with Crippen molar-refractivity contribution < 1.29 is 4.74 Å². The largest absolute Gasteiger partial charge is 0.495 e. The van der Waals surface area contributed by atoms with Crippen LogP contribution in [0.2, 0.25) is 5.28 Å². The van der Waals surface area contributed by atoms with Gasteiger partial charge in [0, 0.05) is 0 Å². The number of hydrogen-bond acceptors (Lipinski definition) is 5. The molecule has 2 heterocycles. The van der Waals surface area contributed by atoms with Crippen molar-refractivity contribution in [2.75, 3.05) is 12.4 Å². The van der Waals surface area contributed by atoms with E-state index in [1.807, 2.05) is 35.7 Å². The van der Waals surface area contributed by atoms with Crippen LogP contribution >= 0.6 is 22.9 Å². The van der Waals surface area contributed by atoms with Gasteiger partial charge >= 0.3 is 0 Å². The highest BCUT2D eigenvalue weighted by atomic mass is 35.5. The number of para-hydroxylation sites is 2.